The van der Waals surface area contributed by atoms with Crippen LogP contribution in [0.4, 0.5) is 0 Å². The Kier molecular flexibility index (Phi) is 3.78. The molecule has 0 N–H and O–H groups in total. The first kappa shape index (κ1) is 12.4. The fraction of sp³-hybridized carbons (Fsp3) is 0.462. The zero-order valence-electron chi connectivity index (χ0n) is 10.3. The van der Waals surface area contributed by atoms with Gasteiger partial charge in [0.15, 0.2) is 0 Å². The Balaban J connectivity index is 2.10. The molecule has 1 aliphatic heterocycles. The van der Waals surface area contributed by atoms with Crippen LogP contribution < -0.4 is 4.74 Å². The molecule has 1 aromatic heterocycles. The molecule has 1 amide bonds. The quantitative estimate of drug-likeness (QED) is 0.791. The Labute approximate surface area is 106 Å². The number of ether oxygens (including phenoxy) is 1. The fourth-order valence-corrected chi connectivity index (χ4v) is 2.10. The van der Waals surface area contributed by atoms with Gasteiger partial charge in [-0.3, -0.25) is 9.78 Å². The van der Waals surface area contributed by atoms with Crippen LogP contribution in [0, 0.1) is 17.2 Å². The Morgan fingerprint density at radius 2 is 2.28 bits per heavy atom. The van der Waals surface area contributed by atoms with E-state index in [1.807, 2.05) is 0 Å². The molecule has 2 rings (SSSR count). The molecule has 1 saturated heterocycles. The highest BCUT2D eigenvalue weighted by Crippen LogP contribution is 2.22. The largest absolute Gasteiger partial charge is 0.494 e. The predicted molar refractivity (Wildman–Crippen MR) is 65.0 cm³/mol. The van der Waals surface area contributed by atoms with Crippen LogP contribution in [0.1, 0.15) is 23.2 Å². The zero-order valence-corrected chi connectivity index (χ0v) is 10.3. The summed E-state index contributed by atoms with van der Waals surface area (Å²) in [7, 11) is 1.52. The van der Waals surface area contributed by atoms with Crippen LogP contribution >= 0.6 is 0 Å². The molecule has 18 heavy (non-hydrogen) atoms. The first-order valence-electron chi connectivity index (χ1n) is 5.93. The lowest BCUT2D eigenvalue weighted by Crippen LogP contribution is -2.38. The maximum absolute atomic E-state index is 12.3. The summed E-state index contributed by atoms with van der Waals surface area (Å²) < 4.78 is 5.14. The monoisotopic (exact) mass is 245 g/mol. The van der Waals surface area contributed by atoms with Gasteiger partial charge in [-0.25, -0.2) is 0 Å². The van der Waals surface area contributed by atoms with Gasteiger partial charge in [0.25, 0.3) is 5.91 Å². The van der Waals surface area contributed by atoms with E-state index in [9.17, 15) is 4.79 Å². The smallest absolute Gasteiger partial charge is 0.257 e. The SMILES string of the molecule is COc1cnccc1C(=O)N1CCC(C#N)CC1. The topological polar surface area (TPSA) is 66.2 Å². The Morgan fingerprint density at radius 3 is 2.89 bits per heavy atom. The Bertz CT molecular complexity index is 473. The molecule has 0 aromatic carbocycles. The summed E-state index contributed by atoms with van der Waals surface area (Å²) in [5, 5.41) is 8.83. The average Bonchev–Trinajstić information content (AvgIpc) is 2.46. The Morgan fingerprint density at radius 1 is 1.56 bits per heavy atom. The minimum atomic E-state index is -0.0503. The van der Waals surface area contributed by atoms with Crippen molar-refractivity contribution in [1.82, 2.24) is 9.88 Å². The van der Waals surface area contributed by atoms with Gasteiger partial charge in [-0.05, 0) is 18.9 Å². The van der Waals surface area contributed by atoms with Crippen molar-refractivity contribution in [3.05, 3.63) is 24.0 Å². The van der Waals surface area contributed by atoms with Gasteiger partial charge in [0.2, 0.25) is 0 Å². The zero-order chi connectivity index (χ0) is 13.0. The summed E-state index contributed by atoms with van der Waals surface area (Å²) in [5.41, 5.74) is 0.530. The molecular formula is C13H15N3O2. The lowest BCUT2D eigenvalue weighted by atomic mass is 9.98. The minimum absolute atomic E-state index is 0.0503. The number of pyridine rings is 1. The molecule has 5 heteroatoms. The molecule has 0 spiro atoms. The van der Waals surface area contributed by atoms with Crippen molar-refractivity contribution in [1.29, 1.82) is 5.26 Å². The molecule has 0 radical (unpaired) electrons. The third-order valence-corrected chi connectivity index (χ3v) is 3.20. The van der Waals surface area contributed by atoms with E-state index in [1.165, 1.54) is 13.3 Å². The molecule has 2 heterocycles. The summed E-state index contributed by atoms with van der Waals surface area (Å²) in [4.78, 5) is 18.0. The number of nitrogens with zero attached hydrogens (tertiary/aromatic N) is 3. The van der Waals surface area contributed by atoms with E-state index in [0.29, 0.717) is 24.4 Å². The standard InChI is InChI=1S/C13H15N3O2/c1-18-12-9-15-5-2-11(12)13(17)16-6-3-10(8-14)4-7-16/h2,5,9-10H,3-4,6-7H2,1H3. The highest BCUT2D eigenvalue weighted by Gasteiger charge is 2.25. The van der Waals surface area contributed by atoms with Gasteiger partial charge in [0.1, 0.15) is 5.75 Å². The third kappa shape index (κ3) is 2.43. The van der Waals surface area contributed by atoms with Crippen LogP contribution in [0.25, 0.3) is 0 Å². The lowest BCUT2D eigenvalue weighted by molar-refractivity contribution is 0.0703. The summed E-state index contributed by atoms with van der Waals surface area (Å²) in [6.07, 6.45) is 4.61. The molecule has 94 valence electrons. The van der Waals surface area contributed by atoms with Crippen molar-refractivity contribution in [3.63, 3.8) is 0 Å². The van der Waals surface area contributed by atoms with E-state index in [1.54, 1.807) is 17.2 Å². The molecule has 1 fully saturated rings. The van der Waals surface area contributed by atoms with E-state index in [2.05, 4.69) is 11.1 Å². The maximum Gasteiger partial charge on any atom is 0.257 e. The second-order valence-corrected chi connectivity index (χ2v) is 4.27. The normalized spacial score (nSPS) is 16.1. The first-order valence-corrected chi connectivity index (χ1v) is 5.93. The van der Waals surface area contributed by atoms with Crippen molar-refractivity contribution < 1.29 is 9.53 Å². The van der Waals surface area contributed by atoms with Gasteiger partial charge in [0, 0.05) is 25.2 Å². The van der Waals surface area contributed by atoms with Gasteiger partial charge in [-0.15, -0.1) is 0 Å². The number of likely N-dealkylation sites (tertiary alicyclic amines) is 1. The van der Waals surface area contributed by atoms with E-state index in [-0.39, 0.29) is 11.8 Å². The first-order chi connectivity index (χ1) is 8.76. The number of carbonyl (C=O) groups is 1. The van der Waals surface area contributed by atoms with E-state index in [4.69, 9.17) is 10.00 Å². The van der Waals surface area contributed by atoms with Crippen molar-refractivity contribution >= 4 is 5.91 Å². The summed E-state index contributed by atoms with van der Waals surface area (Å²) >= 11 is 0. The summed E-state index contributed by atoms with van der Waals surface area (Å²) in [6.45, 7) is 1.26. The minimum Gasteiger partial charge on any atom is -0.494 e. The fourth-order valence-electron chi connectivity index (χ4n) is 2.10. The molecule has 1 aliphatic rings. The number of carbonyl (C=O) groups excluding carboxylic acids is 1. The second-order valence-electron chi connectivity index (χ2n) is 4.27. The average molecular weight is 245 g/mol. The Hall–Kier alpha value is -2.09. The number of aromatic nitrogens is 1. The number of methoxy groups -OCH3 is 1. The number of piperidine rings is 1. The van der Waals surface area contributed by atoms with Crippen LogP contribution in [0.2, 0.25) is 0 Å². The molecular weight excluding hydrogens is 230 g/mol. The van der Waals surface area contributed by atoms with Crippen LogP contribution in [-0.2, 0) is 0 Å². The van der Waals surface area contributed by atoms with Crippen molar-refractivity contribution in [2.45, 2.75) is 12.8 Å². The summed E-state index contributed by atoms with van der Waals surface area (Å²) in [6, 6.07) is 3.92. The van der Waals surface area contributed by atoms with Crippen molar-refractivity contribution in [2.75, 3.05) is 20.2 Å². The highest BCUT2D eigenvalue weighted by atomic mass is 16.5. The van der Waals surface area contributed by atoms with Crippen LogP contribution in [0.15, 0.2) is 18.5 Å². The maximum atomic E-state index is 12.3. The van der Waals surface area contributed by atoms with E-state index in [0.717, 1.165) is 12.8 Å². The molecule has 0 bridgehead atoms. The summed E-state index contributed by atoms with van der Waals surface area (Å²) in [5.74, 6) is 0.518. The molecule has 1 aromatic rings. The lowest BCUT2D eigenvalue weighted by Gasteiger charge is -2.29. The van der Waals surface area contributed by atoms with Gasteiger partial charge in [-0.2, -0.15) is 5.26 Å². The second kappa shape index (κ2) is 5.50. The van der Waals surface area contributed by atoms with Crippen LogP contribution in [-0.4, -0.2) is 36.0 Å². The number of rotatable bonds is 2. The van der Waals surface area contributed by atoms with Crippen molar-refractivity contribution in [3.8, 4) is 11.8 Å². The van der Waals surface area contributed by atoms with Crippen LogP contribution in [0.3, 0.4) is 0 Å². The van der Waals surface area contributed by atoms with Gasteiger partial charge < -0.3 is 9.64 Å². The number of hydrogen-bond donors (Lipinski definition) is 0. The molecule has 0 saturated carbocycles. The van der Waals surface area contributed by atoms with Crippen molar-refractivity contribution in [2.24, 2.45) is 5.92 Å². The number of nitriles is 1. The predicted octanol–water partition coefficient (Wildman–Crippen LogP) is 1.47. The molecule has 0 unspecified atom stereocenters. The number of amides is 1. The van der Waals surface area contributed by atoms with Gasteiger partial charge >= 0.3 is 0 Å². The van der Waals surface area contributed by atoms with E-state index < -0.39 is 0 Å². The van der Waals surface area contributed by atoms with E-state index >= 15 is 0 Å². The molecule has 0 aliphatic carbocycles. The van der Waals surface area contributed by atoms with Crippen LogP contribution in [0.5, 0.6) is 5.75 Å². The molecule has 5 nitrogen and oxygen atoms in total. The third-order valence-electron chi connectivity index (χ3n) is 3.20. The van der Waals surface area contributed by atoms with Gasteiger partial charge in [-0.1, -0.05) is 0 Å². The van der Waals surface area contributed by atoms with Gasteiger partial charge in [0.05, 0.1) is 24.9 Å². The molecule has 0 atom stereocenters. The number of hydrogen-bond acceptors (Lipinski definition) is 4. The highest BCUT2D eigenvalue weighted by molar-refractivity contribution is 5.96.